The zero-order valence-electron chi connectivity index (χ0n) is 14.9. The molecule has 1 heterocycles. The highest BCUT2D eigenvalue weighted by Gasteiger charge is 2.15. The maximum absolute atomic E-state index is 13.0. The minimum Gasteiger partial charge on any atom is -0.358 e. The van der Waals surface area contributed by atoms with E-state index in [2.05, 4.69) is 50.1 Å². The normalized spacial score (nSPS) is 12.5. The standard InChI is InChI=1S/C21H24N2O/c1-14-10-11-18-20(15(14)2)22-16(3)19(21(18)24)13-23(4)12-17-8-6-5-7-9-17/h5-11H,12-13H2,1-4H3,(H,22,24)/p+1. The third kappa shape index (κ3) is 3.13. The maximum atomic E-state index is 13.0. The Bertz CT molecular complexity index is 926. The molecule has 124 valence electrons. The Morgan fingerprint density at radius 3 is 2.38 bits per heavy atom. The molecule has 1 unspecified atom stereocenters. The number of hydrogen-bond donors (Lipinski definition) is 2. The molecule has 0 saturated heterocycles. The molecule has 0 spiro atoms. The summed E-state index contributed by atoms with van der Waals surface area (Å²) in [5.74, 6) is 0. The van der Waals surface area contributed by atoms with Crippen molar-refractivity contribution in [1.29, 1.82) is 0 Å². The van der Waals surface area contributed by atoms with Crippen LogP contribution in [-0.2, 0) is 13.1 Å². The number of aryl methyl sites for hydroxylation is 3. The summed E-state index contributed by atoms with van der Waals surface area (Å²) in [6, 6.07) is 14.4. The van der Waals surface area contributed by atoms with E-state index in [-0.39, 0.29) is 5.43 Å². The van der Waals surface area contributed by atoms with Crippen LogP contribution in [0.4, 0.5) is 0 Å². The Kier molecular flexibility index (Phi) is 4.54. The minimum absolute atomic E-state index is 0.164. The molecule has 0 fully saturated rings. The van der Waals surface area contributed by atoms with Crippen molar-refractivity contribution in [3.8, 4) is 0 Å². The lowest BCUT2D eigenvalue weighted by atomic mass is 10.0. The molecule has 0 aliphatic heterocycles. The molecule has 0 bridgehead atoms. The Labute approximate surface area is 143 Å². The number of pyridine rings is 1. The van der Waals surface area contributed by atoms with Crippen molar-refractivity contribution in [3.05, 3.63) is 80.6 Å². The molecule has 0 aliphatic rings. The van der Waals surface area contributed by atoms with Gasteiger partial charge in [0.1, 0.15) is 13.1 Å². The van der Waals surface area contributed by atoms with Crippen LogP contribution >= 0.6 is 0 Å². The predicted octanol–water partition coefficient (Wildman–Crippen LogP) is 2.67. The minimum atomic E-state index is 0.164. The molecule has 2 N–H and O–H groups in total. The van der Waals surface area contributed by atoms with E-state index >= 15 is 0 Å². The van der Waals surface area contributed by atoms with Gasteiger partial charge >= 0.3 is 0 Å². The van der Waals surface area contributed by atoms with Gasteiger partial charge in [0.2, 0.25) is 0 Å². The number of nitrogens with one attached hydrogen (secondary N) is 2. The predicted molar refractivity (Wildman–Crippen MR) is 99.5 cm³/mol. The first-order chi connectivity index (χ1) is 11.5. The number of fused-ring (bicyclic) bond motifs is 1. The summed E-state index contributed by atoms with van der Waals surface area (Å²) in [6.07, 6.45) is 0. The summed E-state index contributed by atoms with van der Waals surface area (Å²) in [6.45, 7) is 7.78. The number of quaternary nitrogens is 1. The number of aromatic nitrogens is 1. The molecule has 3 rings (SSSR count). The molecule has 0 saturated carbocycles. The highest BCUT2D eigenvalue weighted by atomic mass is 16.1. The zero-order valence-corrected chi connectivity index (χ0v) is 14.9. The highest BCUT2D eigenvalue weighted by Crippen LogP contribution is 2.18. The molecule has 2 aromatic carbocycles. The maximum Gasteiger partial charge on any atom is 0.198 e. The molecule has 0 amide bonds. The van der Waals surface area contributed by atoms with Crippen LogP contribution in [0.2, 0.25) is 0 Å². The first-order valence-corrected chi connectivity index (χ1v) is 8.44. The Morgan fingerprint density at radius 1 is 0.958 bits per heavy atom. The van der Waals surface area contributed by atoms with Gasteiger partial charge in [-0.2, -0.15) is 0 Å². The quantitative estimate of drug-likeness (QED) is 0.762. The molecule has 0 aliphatic carbocycles. The van der Waals surface area contributed by atoms with Crippen molar-refractivity contribution in [1.82, 2.24) is 4.98 Å². The largest absolute Gasteiger partial charge is 0.358 e. The molecule has 3 nitrogen and oxygen atoms in total. The number of aromatic amines is 1. The van der Waals surface area contributed by atoms with E-state index in [0.717, 1.165) is 40.8 Å². The van der Waals surface area contributed by atoms with Crippen LogP contribution in [0.5, 0.6) is 0 Å². The molecule has 0 radical (unpaired) electrons. The number of benzene rings is 2. The molecule has 1 aromatic heterocycles. The Morgan fingerprint density at radius 2 is 1.67 bits per heavy atom. The summed E-state index contributed by atoms with van der Waals surface area (Å²) >= 11 is 0. The smallest absolute Gasteiger partial charge is 0.198 e. The number of rotatable bonds is 4. The van der Waals surface area contributed by atoms with Crippen molar-refractivity contribution in [2.75, 3.05) is 7.05 Å². The summed E-state index contributed by atoms with van der Waals surface area (Å²) in [7, 11) is 2.14. The Hall–Kier alpha value is -2.39. The van der Waals surface area contributed by atoms with Crippen molar-refractivity contribution in [2.24, 2.45) is 0 Å². The van der Waals surface area contributed by atoms with Gasteiger partial charge in [0.05, 0.1) is 18.1 Å². The summed E-state index contributed by atoms with van der Waals surface area (Å²) in [5.41, 5.74) is 6.66. The van der Waals surface area contributed by atoms with Crippen molar-refractivity contribution >= 4 is 10.9 Å². The second-order valence-electron chi connectivity index (χ2n) is 6.78. The van der Waals surface area contributed by atoms with E-state index in [4.69, 9.17) is 0 Å². The average Bonchev–Trinajstić information content (AvgIpc) is 2.56. The van der Waals surface area contributed by atoms with Crippen molar-refractivity contribution < 1.29 is 4.90 Å². The van der Waals surface area contributed by atoms with Gasteiger partial charge in [-0.3, -0.25) is 4.79 Å². The molecule has 1 atom stereocenters. The third-order valence-electron chi connectivity index (χ3n) is 4.85. The van der Waals surface area contributed by atoms with E-state index in [0.29, 0.717) is 0 Å². The fraction of sp³-hybridized carbons (Fsp3) is 0.286. The van der Waals surface area contributed by atoms with Crippen LogP contribution in [-0.4, -0.2) is 12.0 Å². The summed E-state index contributed by atoms with van der Waals surface area (Å²) in [4.78, 5) is 17.7. The molecular formula is C21H25N2O+. The SMILES string of the molecule is Cc1ccc2c(=O)c(C[NH+](C)Cc3ccccc3)c(C)[nH]c2c1C. The number of H-pyrrole nitrogens is 1. The van der Waals surface area contributed by atoms with Gasteiger partial charge in [-0.05, 0) is 38.0 Å². The molecule has 24 heavy (non-hydrogen) atoms. The summed E-state index contributed by atoms with van der Waals surface area (Å²) in [5, 5.41) is 0.797. The van der Waals surface area contributed by atoms with E-state index < -0.39 is 0 Å². The lowest BCUT2D eigenvalue weighted by Crippen LogP contribution is -3.06. The second-order valence-corrected chi connectivity index (χ2v) is 6.78. The van der Waals surface area contributed by atoms with Gasteiger partial charge < -0.3 is 9.88 Å². The second kappa shape index (κ2) is 6.62. The topological polar surface area (TPSA) is 37.3 Å². The van der Waals surface area contributed by atoms with Gasteiger partial charge in [0, 0.05) is 16.6 Å². The van der Waals surface area contributed by atoms with Crippen LogP contribution < -0.4 is 10.3 Å². The fourth-order valence-corrected chi connectivity index (χ4v) is 3.28. The monoisotopic (exact) mass is 321 g/mol. The Balaban J connectivity index is 1.95. The first-order valence-electron chi connectivity index (χ1n) is 8.44. The molecular weight excluding hydrogens is 296 g/mol. The van der Waals surface area contributed by atoms with E-state index in [1.54, 1.807) is 0 Å². The van der Waals surface area contributed by atoms with Crippen molar-refractivity contribution in [3.63, 3.8) is 0 Å². The van der Waals surface area contributed by atoms with Crippen LogP contribution in [0.25, 0.3) is 10.9 Å². The lowest BCUT2D eigenvalue weighted by Gasteiger charge is -2.16. The highest BCUT2D eigenvalue weighted by molar-refractivity contribution is 5.83. The zero-order chi connectivity index (χ0) is 17.3. The molecule has 3 heteroatoms. The van der Waals surface area contributed by atoms with Crippen LogP contribution in [0.1, 0.15) is 27.9 Å². The lowest BCUT2D eigenvalue weighted by molar-refractivity contribution is -0.907. The van der Waals surface area contributed by atoms with Gasteiger partial charge in [0.15, 0.2) is 5.43 Å². The summed E-state index contributed by atoms with van der Waals surface area (Å²) < 4.78 is 0. The van der Waals surface area contributed by atoms with Crippen LogP contribution in [0.15, 0.2) is 47.3 Å². The van der Waals surface area contributed by atoms with Gasteiger partial charge in [-0.1, -0.05) is 36.4 Å². The van der Waals surface area contributed by atoms with Gasteiger partial charge in [0.25, 0.3) is 0 Å². The molecule has 3 aromatic rings. The first kappa shape index (κ1) is 16.5. The van der Waals surface area contributed by atoms with E-state index in [9.17, 15) is 4.79 Å². The van der Waals surface area contributed by atoms with Gasteiger partial charge in [-0.25, -0.2) is 0 Å². The number of hydrogen-bond acceptors (Lipinski definition) is 1. The average molecular weight is 321 g/mol. The van der Waals surface area contributed by atoms with Gasteiger partial charge in [-0.15, -0.1) is 0 Å². The van der Waals surface area contributed by atoms with E-state index in [1.165, 1.54) is 16.0 Å². The van der Waals surface area contributed by atoms with Crippen LogP contribution in [0.3, 0.4) is 0 Å². The van der Waals surface area contributed by atoms with Crippen LogP contribution in [0, 0.1) is 20.8 Å². The fourth-order valence-electron chi connectivity index (χ4n) is 3.28. The van der Waals surface area contributed by atoms with Crippen molar-refractivity contribution in [2.45, 2.75) is 33.9 Å². The van der Waals surface area contributed by atoms with E-state index in [1.807, 2.05) is 25.1 Å². The third-order valence-corrected chi connectivity index (χ3v) is 4.85.